The summed E-state index contributed by atoms with van der Waals surface area (Å²) in [5.41, 5.74) is 4.63. The highest BCUT2D eigenvalue weighted by atomic mass is 16.5. The number of aromatic nitrogens is 3. The number of nitrogens with one attached hydrogen (secondary N) is 1. The quantitative estimate of drug-likeness (QED) is 0.560. The lowest BCUT2D eigenvalue weighted by atomic mass is 10.00. The van der Waals surface area contributed by atoms with Crippen LogP contribution in [0.25, 0.3) is 5.65 Å². The molecule has 1 aromatic carbocycles. The number of fused-ring (bicyclic) bond motifs is 1. The Hall–Kier alpha value is -2.93. The number of hydrogen-bond acceptors (Lipinski definition) is 4. The third-order valence-corrected chi connectivity index (χ3v) is 5.14. The van der Waals surface area contributed by atoms with Crippen LogP contribution in [0.1, 0.15) is 28.6 Å². The predicted octanol–water partition coefficient (Wildman–Crippen LogP) is 2.50. The Morgan fingerprint density at radius 2 is 2.14 bits per heavy atom. The topological polar surface area (TPSA) is 67.0 Å². The number of nitrogens with zero attached hydrogens (tertiary/aromatic N) is 5. The van der Waals surface area contributed by atoms with E-state index in [1.807, 2.05) is 35.8 Å². The summed E-state index contributed by atoms with van der Waals surface area (Å²) < 4.78 is 8.05. The number of rotatable bonds is 3. The average Bonchev–Trinajstić information content (AvgIpc) is 3.12. The maximum absolute atomic E-state index is 6.07. The van der Waals surface area contributed by atoms with Gasteiger partial charge in [-0.3, -0.25) is 9.39 Å². The maximum Gasteiger partial charge on any atom is 0.194 e. The molecule has 1 atom stereocenters. The number of pyridine rings is 1. The van der Waals surface area contributed by atoms with Gasteiger partial charge < -0.3 is 15.0 Å². The Kier molecular flexibility index (Phi) is 5.25. The first-order chi connectivity index (χ1) is 13.7. The van der Waals surface area contributed by atoms with Crippen molar-refractivity contribution in [3.63, 3.8) is 0 Å². The van der Waals surface area contributed by atoms with E-state index in [0.717, 1.165) is 30.5 Å². The van der Waals surface area contributed by atoms with E-state index in [-0.39, 0.29) is 6.10 Å². The maximum atomic E-state index is 6.07. The van der Waals surface area contributed by atoms with E-state index in [9.17, 15) is 0 Å². The van der Waals surface area contributed by atoms with E-state index in [1.165, 1.54) is 16.7 Å². The molecule has 0 radical (unpaired) electrons. The van der Waals surface area contributed by atoms with Crippen LogP contribution in [0, 0.1) is 13.8 Å². The van der Waals surface area contributed by atoms with Crippen molar-refractivity contribution in [2.75, 3.05) is 26.7 Å². The molecule has 146 valence electrons. The van der Waals surface area contributed by atoms with Crippen LogP contribution in [0.5, 0.6) is 0 Å². The lowest BCUT2D eigenvalue weighted by Crippen LogP contribution is -2.48. The molecule has 7 nitrogen and oxygen atoms in total. The first-order valence-electron chi connectivity index (χ1n) is 9.58. The molecule has 28 heavy (non-hydrogen) atoms. The number of morpholine rings is 1. The molecule has 0 amide bonds. The summed E-state index contributed by atoms with van der Waals surface area (Å²) in [6.07, 6.45) is 2.02. The fraction of sp³-hybridized carbons (Fsp3) is 0.381. The van der Waals surface area contributed by atoms with Gasteiger partial charge in [0, 0.05) is 19.8 Å². The second kappa shape index (κ2) is 7.98. The summed E-state index contributed by atoms with van der Waals surface area (Å²) in [5.74, 6) is 1.71. The normalized spacial score (nSPS) is 17.9. The fourth-order valence-electron chi connectivity index (χ4n) is 3.72. The lowest BCUT2D eigenvalue weighted by molar-refractivity contribution is -0.00835. The Morgan fingerprint density at radius 3 is 2.96 bits per heavy atom. The van der Waals surface area contributed by atoms with Gasteiger partial charge in [-0.05, 0) is 37.1 Å². The van der Waals surface area contributed by atoms with Crippen molar-refractivity contribution in [2.45, 2.75) is 26.5 Å². The van der Waals surface area contributed by atoms with Gasteiger partial charge in [-0.2, -0.15) is 0 Å². The lowest BCUT2D eigenvalue weighted by Gasteiger charge is -2.35. The van der Waals surface area contributed by atoms with E-state index in [4.69, 9.17) is 4.74 Å². The highest BCUT2D eigenvalue weighted by molar-refractivity contribution is 5.80. The van der Waals surface area contributed by atoms with Gasteiger partial charge in [0.05, 0.1) is 19.7 Å². The summed E-state index contributed by atoms with van der Waals surface area (Å²) in [7, 11) is 1.81. The largest absolute Gasteiger partial charge is 0.370 e. The Labute approximate surface area is 165 Å². The minimum Gasteiger partial charge on any atom is -0.370 e. The summed E-state index contributed by atoms with van der Waals surface area (Å²) in [4.78, 5) is 6.72. The highest BCUT2D eigenvalue weighted by Crippen LogP contribution is 2.25. The molecule has 2 aromatic heterocycles. The van der Waals surface area contributed by atoms with Gasteiger partial charge >= 0.3 is 0 Å². The molecule has 1 unspecified atom stereocenters. The number of hydrogen-bond donors (Lipinski definition) is 1. The van der Waals surface area contributed by atoms with Gasteiger partial charge in [0.15, 0.2) is 17.4 Å². The van der Waals surface area contributed by atoms with Gasteiger partial charge in [0.1, 0.15) is 6.10 Å². The second-order valence-corrected chi connectivity index (χ2v) is 7.11. The monoisotopic (exact) mass is 378 g/mol. The third-order valence-electron chi connectivity index (χ3n) is 5.14. The number of aliphatic imine (C=N–C) groups is 1. The van der Waals surface area contributed by atoms with Crippen LogP contribution in [0.4, 0.5) is 0 Å². The van der Waals surface area contributed by atoms with Crippen LogP contribution in [0.3, 0.4) is 0 Å². The number of ether oxygens (including phenoxy) is 1. The first kappa shape index (κ1) is 18.4. The molecule has 1 fully saturated rings. The molecule has 0 saturated carbocycles. The molecular weight excluding hydrogens is 352 g/mol. The number of guanidine groups is 1. The standard InChI is InChI=1S/C21H26N6O/c1-15-7-8-17(16(2)12-15)18-14-26(10-11-28-18)21(22-3)23-13-20-25-24-19-6-4-5-9-27(19)20/h4-9,12,18H,10-11,13-14H2,1-3H3,(H,22,23). The molecule has 0 aliphatic carbocycles. The van der Waals surface area contributed by atoms with Crippen LogP contribution < -0.4 is 5.32 Å². The predicted molar refractivity (Wildman–Crippen MR) is 109 cm³/mol. The zero-order chi connectivity index (χ0) is 19.5. The van der Waals surface area contributed by atoms with E-state index in [0.29, 0.717) is 13.2 Å². The van der Waals surface area contributed by atoms with E-state index in [2.05, 4.69) is 57.5 Å². The third kappa shape index (κ3) is 3.71. The van der Waals surface area contributed by atoms with E-state index < -0.39 is 0 Å². The molecule has 7 heteroatoms. The molecule has 0 bridgehead atoms. The van der Waals surface area contributed by atoms with Gasteiger partial charge in [-0.1, -0.05) is 29.8 Å². The molecule has 4 rings (SSSR count). The Balaban J connectivity index is 1.45. The van der Waals surface area contributed by atoms with Gasteiger partial charge in [-0.25, -0.2) is 0 Å². The molecule has 0 spiro atoms. The average molecular weight is 378 g/mol. The van der Waals surface area contributed by atoms with Gasteiger partial charge in [0.2, 0.25) is 0 Å². The minimum absolute atomic E-state index is 0.0434. The molecule has 1 N–H and O–H groups in total. The van der Waals surface area contributed by atoms with E-state index >= 15 is 0 Å². The smallest absolute Gasteiger partial charge is 0.194 e. The van der Waals surface area contributed by atoms with Crippen molar-refractivity contribution in [3.8, 4) is 0 Å². The molecular formula is C21H26N6O. The SMILES string of the molecule is CN=C(NCc1nnc2ccccn12)N1CCOC(c2ccc(C)cc2C)C1. The first-order valence-corrected chi connectivity index (χ1v) is 9.58. The molecule has 3 heterocycles. The molecule has 1 aliphatic rings. The van der Waals surface area contributed by atoms with Gasteiger partial charge in [0.25, 0.3) is 0 Å². The number of benzene rings is 1. The van der Waals surface area contributed by atoms with Crippen LogP contribution >= 0.6 is 0 Å². The van der Waals surface area contributed by atoms with Crippen molar-refractivity contribution in [1.82, 2.24) is 24.8 Å². The van der Waals surface area contributed by atoms with Crippen molar-refractivity contribution in [2.24, 2.45) is 4.99 Å². The van der Waals surface area contributed by atoms with Crippen LogP contribution in [-0.2, 0) is 11.3 Å². The fourth-order valence-corrected chi connectivity index (χ4v) is 3.72. The van der Waals surface area contributed by atoms with Crippen molar-refractivity contribution in [1.29, 1.82) is 0 Å². The molecule has 1 aliphatic heterocycles. The van der Waals surface area contributed by atoms with E-state index in [1.54, 1.807) is 0 Å². The molecule has 1 saturated heterocycles. The van der Waals surface area contributed by atoms with Crippen molar-refractivity contribution in [3.05, 3.63) is 65.1 Å². The minimum atomic E-state index is 0.0434. The summed E-state index contributed by atoms with van der Waals surface area (Å²) >= 11 is 0. The van der Waals surface area contributed by atoms with Crippen LogP contribution in [0.2, 0.25) is 0 Å². The zero-order valence-electron chi connectivity index (χ0n) is 16.6. The van der Waals surface area contributed by atoms with Crippen molar-refractivity contribution >= 4 is 11.6 Å². The Bertz CT molecular complexity index is 995. The van der Waals surface area contributed by atoms with Crippen LogP contribution in [-0.4, -0.2) is 52.2 Å². The Morgan fingerprint density at radius 1 is 1.25 bits per heavy atom. The van der Waals surface area contributed by atoms with Crippen molar-refractivity contribution < 1.29 is 4.74 Å². The van der Waals surface area contributed by atoms with Gasteiger partial charge in [-0.15, -0.1) is 10.2 Å². The zero-order valence-corrected chi connectivity index (χ0v) is 16.6. The summed E-state index contributed by atoms with van der Waals surface area (Å²) in [5, 5.41) is 11.9. The summed E-state index contributed by atoms with van der Waals surface area (Å²) in [6, 6.07) is 12.4. The number of aryl methyl sites for hydroxylation is 2. The summed E-state index contributed by atoms with van der Waals surface area (Å²) in [6.45, 7) is 7.07. The molecule has 3 aromatic rings. The highest BCUT2D eigenvalue weighted by Gasteiger charge is 2.25. The van der Waals surface area contributed by atoms with Crippen LogP contribution in [0.15, 0.2) is 47.6 Å². The second-order valence-electron chi connectivity index (χ2n) is 7.11.